The summed E-state index contributed by atoms with van der Waals surface area (Å²) in [5.74, 6) is 0.735. The van der Waals surface area contributed by atoms with Gasteiger partial charge >= 0.3 is 0 Å². The van der Waals surface area contributed by atoms with Crippen LogP contribution in [0.2, 0.25) is 0 Å². The summed E-state index contributed by atoms with van der Waals surface area (Å²) in [6.45, 7) is 3.14. The molecule has 0 bridgehead atoms. The van der Waals surface area contributed by atoms with Gasteiger partial charge in [-0.15, -0.1) is 0 Å². The van der Waals surface area contributed by atoms with Crippen molar-refractivity contribution in [1.29, 1.82) is 0 Å². The lowest BCUT2D eigenvalue weighted by Gasteiger charge is -2.11. The highest BCUT2D eigenvalue weighted by Crippen LogP contribution is 2.29. The van der Waals surface area contributed by atoms with E-state index in [4.69, 9.17) is 0 Å². The number of hydrogen-bond donors (Lipinski definition) is 1. The molecule has 0 aromatic heterocycles. The topological polar surface area (TPSA) is 29.1 Å². The molecule has 0 fully saturated rings. The van der Waals surface area contributed by atoms with Crippen LogP contribution < -0.4 is 5.32 Å². The molecule has 2 unspecified atom stereocenters. The fourth-order valence-corrected chi connectivity index (χ4v) is 3.28. The van der Waals surface area contributed by atoms with Gasteiger partial charge in [-0.05, 0) is 24.6 Å². The van der Waals surface area contributed by atoms with Gasteiger partial charge in [-0.3, -0.25) is 4.21 Å². The molecule has 1 aliphatic rings. The highest BCUT2D eigenvalue weighted by Gasteiger charge is 2.26. The van der Waals surface area contributed by atoms with Gasteiger partial charge in [0, 0.05) is 16.7 Å². The third-order valence-corrected chi connectivity index (χ3v) is 4.00. The monoisotopic (exact) mass is 209 g/mol. The van der Waals surface area contributed by atoms with Gasteiger partial charge in [0.1, 0.15) is 0 Å². The van der Waals surface area contributed by atoms with Gasteiger partial charge in [-0.25, -0.2) is 0 Å². The van der Waals surface area contributed by atoms with E-state index in [-0.39, 0.29) is 0 Å². The van der Waals surface area contributed by atoms with E-state index in [0.29, 0.717) is 6.04 Å². The molecule has 2 nitrogen and oxygen atoms in total. The fraction of sp³-hybridized carbons (Fsp3) is 0.455. The van der Waals surface area contributed by atoms with Gasteiger partial charge in [-0.2, -0.15) is 0 Å². The SMILES string of the molecule is CCCNC1CS(=O)c2ccccc21. The van der Waals surface area contributed by atoms with Gasteiger partial charge in [0.2, 0.25) is 0 Å². The standard InChI is InChI=1S/C11H15NOS/c1-2-7-12-10-8-14(13)11-6-4-3-5-9(10)11/h3-6,10,12H,2,7-8H2,1H3. The van der Waals surface area contributed by atoms with Crippen LogP contribution in [0.1, 0.15) is 24.9 Å². The smallest absolute Gasteiger partial charge is 0.0552 e. The molecule has 0 radical (unpaired) electrons. The molecular formula is C11H15NOS. The minimum absolute atomic E-state index is 0.298. The molecule has 1 aromatic rings. The molecule has 3 heteroatoms. The number of nitrogens with one attached hydrogen (secondary N) is 1. The van der Waals surface area contributed by atoms with Crippen LogP contribution in [0.15, 0.2) is 29.2 Å². The first kappa shape index (κ1) is 9.87. The average molecular weight is 209 g/mol. The van der Waals surface area contributed by atoms with Crippen molar-refractivity contribution in [2.24, 2.45) is 0 Å². The van der Waals surface area contributed by atoms with E-state index in [0.717, 1.165) is 23.6 Å². The fourth-order valence-electron chi connectivity index (χ4n) is 1.79. The molecule has 1 aromatic carbocycles. The Hall–Kier alpha value is -0.670. The quantitative estimate of drug-likeness (QED) is 0.823. The third kappa shape index (κ3) is 1.74. The van der Waals surface area contributed by atoms with Crippen molar-refractivity contribution in [3.63, 3.8) is 0 Å². The molecule has 0 spiro atoms. The highest BCUT2D eigenvalue weighted by atomic mass is 32.2. The number of benzene rings is 1. The maximum absolute atomic E-state index is 11.7. The van der Waals surface area contributed by atoms with Crippen molar-refractivity contribution in [3.05, 3.63) is 29.8 Å². The van der Waals surface area contributed by atoms with Crippen LogP contribution in [0.3, 0.4) is 0 Å². The second-order valence-electron chi connectivity index (χ2n) is 3.56. The predicted octanol–water partition coefficient (Wildman–Crippen LogP) is 1.85. The van der Waals surface area contributed by atoms with Crippen LogP contribution in [0.5, 0.6) is 0 Å². The molecule has 2 rings (SSSR count). The third-order valence-electron chi connectivity index (χ3n) is 2.50. The summed E-state index contributed by atoms with van der Waals surface area (Å²) >= 11 is 0. The zero-order valence-electron chi connectivity index (χ0n) is 8.32. The van der Waals surface area contributed by atoms with Crippen molar-refractivity contribution in [2.45, 2.75) is 24.3 Å². The van der Waals surface area contributed by atoms with Crippen LogP contribution in [0, 0.1) is 0 Å². The summed E-state index contributed by atoms with van der Waals surface area (Å²) in [7, 11) is -0.794. The van der Waals surface area contributed by atoms with E-state index in [1.807, 2.05) is 18.2 Å². The Balaban J connectivity index is 2.21. The molecule has 1 N–H and O–H groups in total. The van der Waals surface area contributed by atoms with Gasteiger partial charge in [-0.1, -0.05) is 25.1 Å². The van der Waals surface area contributed by atoms with Crippen LogP contribution >= 0.6 is 0 Å². The Morgan fingerprint density at radius 3 is 3.07 bits per heavy atom. The molecule has 1 heterocycles. The Bertz CT molecular complexity index is 351. The predicted molar refractivity (Wildman–Crippen MR) is 58.8 cm³/mol. The highest BCUT2D eigenvalue weighted by molar-refractivity contribution is 7.85. The molecule has 0 aliphatic carbocycles. The van der Waals surface area contributed by atoms with Crippen molar-refractivity contribution in [3.8, 4) is 0 Å². The van der Waals surface area contributed by atoms with E-state index < -0.39 is 10.8 Å². The van der Waals surface area contributed by atoms with Gasteiger partial charge < -0.3 is 5.32 Å². The first-order valence-corrected chi connectivity index (χ1v) is 6.35. The van der Waals surface area contributed by atoms with E-state index in [1.165, 1.54) is 5.56 Å². The van der Waals surface area contributed by atoms with E-state index in [9.17, 15) is 4.21 Å². The Labute approximate surface area is 87.2 Å². The normalized spacial score (nSPS) is 24.9. The molecule has 0 saturated carbocycles. The summed E-state index contributed by atoms with van der Waals surface area (Å²) in [4.78, 5) is 1.01. The van der Waals surface area contributed by atoms with E-state index in [2.05, 4.69) is 18.3 Å². The summed E-state index contributed by atoms with van der Waals surface area (Å²) in [6.07, 6.45) is 1.12. The lowest BCUT2D eigenvalue weighted by Crippen LogP contribution is -2.22. The van der Waals surface area contributed by atoms with Gasteiger partial charge in [0.05, 0.1) is 10.8 Å². The van der Waals surface area contributed by atoms with Gasteiger partial charge in [0.15, 0.2) is 0 Å². The van der Waals surface area contributed by atoms with Gasteiger partial charge in [0.25, 0.3) is 0 Å². The number of hydrogen-bond acceptors (Lipinski definition) is 2. The molecule has 1 aliphatic heterocycles. The van der Waals surface area contributed by atoms with Crippen molar-refractivity contribution in [1.82, 2.24) is 5.32 Å². The van der Waals surface area contributed by atoms with Crippen molar-refractivity contribution in [2.75, 3.05) is 12.3 Å². The van der Waals surface area contributed by atoms with Crippen molar-refractivity contribution < 1.29 is 4.21 Å². The molecular weight excluding hydrogens is 194 g/mol. The summed E-state index contributed by atoms with van der Waals surface area (Å²) < 4.78 is 11.7. The molecule has 0 amide bonds. The zero-order valence-corrected chi connectivity index (χ0v) is 9.14. The second-order valence-corrected chi connectivity index (χ2v) is 5.02. The first-order valence-electron chi connectivity index (χ1n) is 5.03. The summed E-state index contributed by atoms with van der Waals surface area (Å²) in [5.41, 5.74) is 1.22. The van der Waals surface area contributed by atoms with E-state index >= 15 is 0 Å². The second kappa shape index (κ2) is 4.24. The Morgan fingerprint density at radius 1 is 1.50 bits per heavy atom. The maximum Gasteiger partial charge on any atom is 0.0552 e. The number of fused-ring (bicyclic) bond motifs is 1. The molecule has 14 heavy (non-hydrogen) atoms. The number of rotatable bonds is 3. The largest absolute Gasteiger partial charge is 0.309 e. The molecule has 2 atom stereocenters. The zero-order chi connectivity index (χ0) is 9.97. The van der Waals surface area contributed by atoms with E-state index in [1.54, 1.807) is 0 Å². The van der Waals surface area contributed by atoms with Crippen LogP contribution in [-0.4, -0.2) is 16.5 Å². The maximum atomic E-state index is 11.7. The molecule has 0 saturated heterocycles. The minimum atomic E-state index is -0.794. The van der Waals surface area contributed by atoms with Crippen LogP contribution in [0.25, 0.3) is 0 Å². The molecule has 76 valence electrons. The summed E-state index contributed by atoms with van der Waals surface area (Å²) in [6, 6.07) is 8.32. The lowest BCUT2D eigenvalue weighted by atomic mass is 10.1. The Morgan fingerprint density at radius 2 is 2.29 bits per heavy atom. The average Bonchev–Trinajstić information content (AvgIpc) is 2.54. The van der Waals surface area contributed by atoms with Crippen LogP contribution in [0.4, 0.5) is 0 Å². The minimum Gasteiger partial charge on any atom is -0.309 e. The van der Waals surface area contributed by atoms with Crippen molar-refractivity contribution >= 4 is 10.8 Å². The first-order chi connectivity index (χ1) is 6.83. The lowest BCUT2D eigenvalue weighted by molar-refractivity contribution is 0.576. The Kier molecular flexibility index (Phi) is 2.99. The summed E-state index contributed by atoms with van der Waals surface area (Å²) in [5, 5.41) is 3.42. The van der Waals surface area contributed by atoms with Crippen LogP contribution in [-0.2, 0) is 10.8 Å².